The third kappa shape index (κ3) is 3.34. The van der Waals surface area contributed by atoms with Crippen LogP contribution in [0.4, 0.5) is 5.69 Å². The van der Waals surface area contributed by atoms with Crippen LogP contribution in [-0.4, -0.2) is 20.4 Å². The van der Waals surface area contributed by atoms with E-state index in [0.29, 0.717) is 0 Å². The van der Waals surface area contributed by atoms with Crippen molar-refractivity contribution in [3.8, 4) is 0 Å². The smallest absolute Gasteiger partial charge is 0.241 e. The van der Waals surface area contributed by atoms with Crippen LogP contribution in [-0.2, 0) is 10.0 Å². The summed E-state index contributed by atoms with van der Waals surface area (Å²) in [5, 5.41) is 2.95. The number of nitrogens with zero attached hydrogens (tertiary/aromatic N) is 1. The molecular formula is C14H17N3O2S. The number of hydrogen-bond donors (Lipinski definition) is 2. The Morgan fingerprint density at radius 1 is 1.15 bits per heavy atom. The van der Waals surface area contributed by atoms with Crippen LogP contribution < -0.4 is 10.0 Å². The fourth-order valence-corrected chi connectivity index (χ4v) is 3.03. The highest BCUT2D eigenvalue weighted by atomic mass is 32.2. The van der Waals surface area contributed by atoms with Gasteiger partial charge in [0.05, 0.1) is 4.90 Å². The van der Waals surface area contributed by atoms with Crippen LogP contribution in [0.15, 0.2) is 53.7 Å². The molecule has 106 valence electrons. The molecule has 0 fully saturated rings. The Balaban J connectivity index is 2.18. The van der Waals surface area contributed by atoms with E-state index in [1.165, 1.54) is 0 Å². The summed E-state index contributed by atoms with van der Waals surface area (Å²) < 4.78 is 27.2. The summed E-state index contributed by atoms with van der Waals surface area (Å²) in [7, 11) is -1.75. The highest BCUT2D eigenvalue weighted by molar-refractivity contribution is 7.89. The van der Waals surface area contributed by atoms with Crippen LogP contribution in [0.1, 0.15) is 18.5 Å². The molecule has 2 N–H and O–H groups in total. The minimum Gasteiger partial charge on any atom is -0.388 e. The van der Waals surface area contributed by atoms with Gasteiger partial charge in [-0.15, -0.1) is 0 Å². The summed E-state index contributed by atoms with van der Waals surface area (Å²) in [5.41, 5.74) is 1.69. The predicted octanol–water partition coefficient (Wildman–Crippen LogP) is 2.16. The normalized spacial score (nSPS) is 12.9. The number of pyridine rings is 1. The monoisotopic (exact) mass is 291 g/mol. The van der Waals surface area contributed by atoms with Crippen LogP contribution in [0, 0.1) is 0 Å². The average Bonchev–Trinajstić information content (AvgIpc) is 2.48. The van der Waals surface area contributed by atoms with Gasteiger partial charge in [-0.3, -0.25) is 4.98 Å². The Hall–Kier alpha value is -1.92. The molecule has 20 heavy (non-hydrogen) atoms. The Bertz CT molecular complexity index is 655. The molecule has 1 unspecified atom stereocenters. The lowest BCUT2D eigenvalue weighted by Crippen LogP contribution is -2.26. The first-order valence-electron chi connectivity index (χ1n) is 6.23. The van der Waals surface area contributed by atoms with Gasteiger partial charge in [-0.2, -0.15) is 0 Å². The summed E-state index contributed by atoms with van der Waals surface area (Å²) in [6.07, 6.45) is 3.30. The maximum atomic E-state index is 12.3. The molecule has 1 aromatic heterocycles. The van der Waals surface area contributed by atoms with Crippen molar-refractivity contribution in [1.82, 2.24) is 9.71 Å². The van der Waals surface area contributed by atoms with Gasteiger partial charge in [-0.05, 0) is 42.8 Å². The topological polar surface area (TPSA) is 71.1 Å². The zero-order valence-corrected chi connectivity index (χ0v) is 12.2. The van der Waals surface area contributed by atoms with Crippen molar-refractivity contribution < 1.29 is 8.42 Å². The maximum Gasteiger partial charge on any atom is 0.241 e. The quantitative estimate of drug-likeness (QED) is 0.885. The standard InChI is InChI=1S/C14H17N3O2S/c1-11(12-4-3-9-16-10-12)17-20(18,19)14-7-5-13(15-2)6-8-14/h3-11,15,17H,1-2H3. The molecule has 0 saturated heterocycles. The Labute approximate surface area is 119 Å². The largest absolute Gasteiger partial charge is 0.388 e. The zero-order valence-electron chi connectivity index (χ0n) is 11.4. The maximum absolute atomic E-state index is 12.3. The minimum atomic E-state index is -3.54. The molecule has 1 heterocycles. The second-order valence-corrected chi connectivity index (χ2v) is 6.12. The molecule has 0 aliphatic heterocycles. The van der Waals surface area contributed by atoms with E-state index in [2.05, 4.69) is 15.0 Å². The summed E-state index contributed by atoms with van der Waals surface area (Å²) in [5.74, 6) is 0. The minimum absolute atomic E-state index is 0.243. The Morgan fingerprint density at radius 2 is 1.85 bits per heavy atom. The molecule has 0 radical (unpaired) electrons. The van der Waals surface area contributed by atoms with Gasteiger partial charge >= 0.3 is 0 Å². The molecule has 1 atom stereocenters. The van der Waals surface area contributed by atoms with Crippen LogP contribution in [0.3, 0.4) is 0 Å². The first kappa shape index (κ1) is 14.5. The molecule has 0 saturated carbocycles. The van der Waals surface area contributed by atoms with E-state index in [-0.39, 0.29) is 10.9 Å². The predicted molar refractivity (Wildman–Crippen MR) is 79.0 cm³/mol. The van der Waals surface area contributed by atoms with E-state index in [0.717, 1.165) is 11.3 Å². The lowest BCUT2D eigenvalue weighted by molar-refractivity contribution is 0.566. The van der Waals surface area contributed by atoms with Crippen molar-refractivity contribution in [2.75, 3.05) is 12.4 Å². The van der Waals surface area contributed by atoms with Gasteiger partial charge in [0.25, 0.3) is 0 Å². The highest BCUT2D eigenvalue weighted by Gasteiger charge is 2.18. The fraction of sp³-hybridized carbons (Fsp3) is 0.214. The van der Waals surface area contributed by atoms with Gasteiger partial charge < -0.3 is 5.32 Å². The number of rotatable bonds is 5. The van der Waals surface area contributed by atoms with E-state index >= 15 is 0 Å². The number of nitrogens with one attached hydrogen (secondary N) is 2. The third-order valence-corrected chi connectivity index (χ3v) is 4.53. The highest BCUT2D eigenvalue weighted by Crippen LogP contribution is 2.17. The second-order valence-electron chi connectivity index (χ2n) is 4.40. The van der Waals surface area contributed by atoms with E-state index in [4.69, 9.17) is 0 Å². The van der Waals surface area contributed by atoms with Crippen molar-refractivity contribution in [3.05, 3.63) is 54.4 Å². The summed E-state index contributed by atoms with van der Waals surface area (Å²) >= 11 is 0. The first-order chi connectivity index (χ1) is 9.53. The van der Waals surface area contributed by atoms with Crippen molar-refractivity contribution in [3.63, 3.8) is 0 Å². The molecular weight excluding hydrogens is 274 g/mol. The number of hydrogen-bond acceptors (Lipinski definition) is 4. The lowest BCUT2D eigenvalue weighted by Gasteiger charge is -2.14. The summed E-state index contributed by atoms with van der Waals surface area (Å²) in [6.45, 7) is 1.79. The van der Waals surface area contributed by atoms with Gasteiger partial charge in [0.2, 0.25) is 10.0 Å². The van der Waals surface area contributed by atoms with Crippen LogP contribution >= 0.6 is 0 Å². The Kier molecular flexibility index (Phi) is 4.36. The van der Waals surface area contributed by atoms with Gasteiger partial charge in [-0.25, -0.2) is 13.1 Å². The van der Waals surface area contributed by atoms with Crippen molar-refractivity contribution >= 4 is 15.7 Å². The number of anilines is 1. The van der Waals surface area contributed by atoms with Crippen LogP contribution in [0.2, 0.25) is 0 Å². The molecule has 0 aliphatic carbocycles. The lowest BCUT2D eigenvalue weighted by atomic mass is 10.2. The number of benzene rings is 1. The average molecular weight is 291 g/mol. The molecule has 5 nitrogen and oxygen atoms in total. The third-order valence-electron chi connectivity index (χ3n) is 2.97. The van der Waals surface area contributed by atoms with Crippen LogP contribution in [0.25, 0.3) is 0 Å². The SMILES string of the molecule is CNc1ccc(S(=O)(=O)NC(C)c2cccnc2)cc1. The van der Waals surface area contributed by atoms with Crippen LogP contribution in [0.5, 0.6) is 0 Å². The molecule has 0 spiro atoms. The van der Waals surface area contributed by atoms with Crippen molar-refractivity contribution in [2.24, 2.45) is 0 Å². The van der Waals surface area contributed by atoms with Crippen molar-refractivity contribution in [1.29, 1.82) is 0 Å². The molecule has 6 heteroatoms. The number of aromatic nitrogens is 1. The van der Waals surface area contributed by atoms with E-state index in [1.54, 1.807) is 56.7 Å². The van der Waals surface area contributed by atoms with Gasteiger partial charge in [0.15, 0.2) is 0 Å². The van der Waals surface area contributed by atoms with Gasteiger partial charge in [-0.1, -0.05) is 6.07 Å². The Morgan fingerprint density at radius 3 is 2.40 bits per heavy atom. The zero-order chi connectivity index (χ0) is 14.6. The first-order valence-corrected chi connectivity index (χ1v) is 7.71. The van der Waals surface area contributed by atoms with Crippen molar-refractivity contribution in [2.45, 2.75) is 17.9 Å². The molecule has 2 aromatic rings. The summed E-state index contributed by atoms with van der Waals surface area (Å²) in [6, 6.07) is 9.88. The van der Waals surface area contributed by atoms with E-state index in [9.17, 15) is 8.42 Å². The second kappa shape index (κ2) is 6.02. The van der Waals surface area contributed by atoms with Gasteiger partial charge in [0, 0.05) is 31.2 Å². The summed E-state index contributed by atoms with van der Waals surface area (Å²) in [4.78, 5) is 4.23. The molecule has 0 bridgehead atoms. The molecule has 0 aliphatic rings. The number of sulfonamides is 1. The molecule has 1 aromatic carbocycles. The molecule has 0 amide bonds. The van der Waals surface area contributed by atoms with E-state index < -0.39 is 10.0 Å². The fourth-order valence-electron chi connectivity index (χ4n) is 1.80. The molecule has 2 rings (SSSR count). The van der Waals surface area contributed by atoms with E-state index in [1.807, 2.05) is 6.07 Å². The van der Waals surface area contributed by atoms with Gasteiger partial charge in [0.1, 0.15) is 0 Å².